The molecule has 114 valence electrons. The summed E-state index contributed by atoms with van der Waals surface area (Å²) >= 11 is 0. The smallest absolute Gasteiger partial charge is 0.476 e. The Kier molecular flexibility index (Phi) is 6.84. The van der Waals surface area contributed by atoms with Crippen LogP contribution in [0.1, 0.15) is 64.7 Å². The zero-order chi connectivity index (χ0) is 14.2. The van der Waals surface area contributed by atoms with Crippen LogP contribution in [0.2, 0.25) is 0 Å². The van der Waals surface area contributed by atoms with Crippen LogP contribution in [-0.4, -0.2) is 27.8 Å². The van der Waals surface area contributed by atoms with Crippen LogP contribution in [0.15, 0.2) is 12.2 Å². The molecule has 20 heavy (non-hydrogen) atoms. The minimum absolute atomic E-state index is 0.703. The topological polar surface area (TPSA) is 18.5 Å². The first kappa shape index (κ1) is 15.8. The molecule has 2 nitrogen and oxygen atoms in total. The lowest BCUT2D eigenvalue weighted by molar-refractivity contribution is 0.234. The molecule has 0 aromatic heterocycles. The first-order valence-corrected chi connectivity index (χ1v) is 9.84. The second-order valence-electron chi connectivity index (χ2n) is 6.25. The predicted octanol–water partition coefficient (Wildman–Crippen LogP) is 4.24. The van der Waals surface area contributed by atoms with Gasteiger partial charge in [0.05, 0.1) is 13.2 Å². The van der Waals surface area contributed by atoms with Gasteiger partial charge < -0.3 is 8.85 Å². The van der Waals surface area contributed by atoms with Gasteiger partial charge in [-0.05, 0) is 55.7 Å². The molecule has 0 aromatic rings. The third-order valence-corrected chi connectivity index (χ3v) is 6.39. The Balaban J connectivity index is 1.81. The van der Waals surface area contributed by atoms with Gasteiger partial charge in [0, 0.05) is 0 Å². The largest absolute Gasteiger partial charge is 0.524 e. The molecule has 2 saturated carbocycles. The van der Waals surface area contributed by atoms with Gasteiger partial charge in [0.2, 0.25) is 0 Å². The molecule has 2 aliphatic carbocycles. The van der Waals surface area contributed by atoms with Crippen LogP contribution < -0.4 is 0 Å². The minimum atomic E-state index is -1.20. The van der Waals surface area contributed by atoms with Gasteiger partial charge in [-0.25, -0.2) is 0 Å². The zero-order valence-corrected chi connectivity index (χ0v) is 14.0. The summed E-state index contributed by atoms with van der Waals surface area (Å²) in [6.07, 6.45) is 12.1. The molecule has 2 aliphatic rings. The van der Waals surface area contributed by atoms with Crippen LogP contribution >= 0.6 is 0 Å². The van der Waals surface area contributed by atoms with Gasteiger partial charge in [-0.15, -0.1) is 0 Å². The van der Waals surface area contributed by atoms with E-state index in [-0.39, 0.29) is 0 Å². The van der Waals surface area contributed by atoms with Crippen LogP contribution in [-0.2, 0) is 8.85 Å². The Bertz CT molecular complexity index is 326. The van der Waals surface area contributed by atoms with Crippen molar-refractivity contribution in [2.24, 2.45) is 11.8 Å². The fraction of sp³-hybridized carbons (Fsp3) is 0.824. The quantitative estimate of drug-likeness (QED) is 0.516. The van der Waals surface area contributed by atoms with E-state index < -0.39 is 8.90 Å². The van der Waals surface area contributed by atoms with E-state index in [2.05, 4.69) is 19.2 Å². The number of rotatable bonds is 7. The average Bonchev–Trinajstić information content (AvgIpc) is 3.00. The molecule has 0 spiro atoms. The first-order valence-electron chi connectivity index (χ1n) is 8.44. The van der Waals surface area contributed by atoms with Crippen molar-refractivity contribution >= 4 is 14.6 Å². The minimum Gasteiger partial charge on any atom is -0.524 e. The van der Waals surface area contributed by atoms with Crippen molar-refractivity contribution in [1.82, 2.24) is 0 Å². The molecular formula is C17H30O2Si. The predicted molar refractivity (Wildman–Crippen MR) is 87.1 cm³/mol. The van der Waals surface area contributed by atoms with E-state index in [4.69, 9.17) is 8.85 Å². The monoisotopic (exact) mass is 294 g/mol. The summed E-state index contributed by atoms with van der Waals surface area (Å²) < 4.78 is 11.9. The molecule has 2 rings (SSSR count). The van der Waals surface area contributed by atoms with E-state index in [1.54, 1.807) is 0 Å². The van der Waals surface area contributed by atoms with Crippen LogP contribution in [0.4, 0.5) is 0 Å². The second kappa shape index (κ2) is 8.66. The van der Waals surface area contributed by atoms with Crippen LogP contribution in [0.25, 0.3) is 0 Å². The average molecular weight is 295 g/mol. The summed E-state index contributed by atoms with van der Waals surface area (Å²) in [7, 11) is -1.20. The van der Waals surface area contributed by atoms with Gasteiger partial charge in [0.25, 0.3) is 0 Å². The summed E-state index contributed by atoms with van der Waals surface area (Å²) in [5.41, 5.74) is 3.69. The molecule has 0 saturated heterocycles. The highest BCUT2D eigenvalue weighted by atomic mass is 28.3. The zero-order valence-electron chi connectivity index (χ0n) is 13.0. The van der Waals surface area contributed by atoms with E-state index in [1.165, 1.54) is 63.4 Å². The summed E-state index contributed by atoms with van der Waals surface area (Å²) in [5, 5.41) is 0. The lowest BCUT2D eigenvalue weighted by Gasteiger charge is -2.20. The molecule has 2 fully saturated rings. The second-order valence-corrected chi connectivity index (χ2v) is 7.79. The van der Waals surface area contributed by atoms with Crippen molar-refractivity contribution < 1.29 is 8.85 Å². The number of hydrogen-bond acceptors (Lipinski definition) is 2. The fourth-order valence-electron chi connectivity index (χ4n) is 3.39. The lowest BCUT2D eigenvalue weighted by atomic mass is 9.91. The molecule has 0 N–H and O–H groups in total. The van der Waals surface area contributed by atoms with Crippen molar-refractivity contribution in [2.75, 3.05) is 13.2 Å². The van der Waals surface area contributed by atoms with E-state index >= 15 is 0 Å². The summed E-state index contributed by atoms with van der Waals surface area (Å²) in [6.45, 7) is 7.77. The maximum Gasteiger partial charge on any atom is 0.476 e. The van der Waals surface area contributed by atoms with Gasteiger partial charge in [0.1, 0.15) is 0 Å². The highest BCUT2D eigenvalue weighted by Crippen LogP contribution is 2.30. The summed E-state index contributed by atoms with van der Waals surface area (Å²) in [5.74, 6) is 1.43. The van der Waals surface area contributed by atoms with Gasteiger partial charge in [-0.1, -0.05) is 38.7 Å². The van der Waals surface area contributed by atoms with Gasteiger partial charge in [-0.3, -0.25) is 0 Å². The van der Waals surface area contributed by atoms with Crippen LogP contribution in [0, 0.1) is 11.8 Å². The fourth-order valence-corrected chi connectivity index (χ4v) is 5.00. The van der Waals surface area contributed by atoms with E-state index in [0.29, 0.717) is 12.5 Å². The SMILES string of the molecule is C=C(CO[Si](=CC1CCCCC1)OCC)C1CCCC1. The van der Waals surface area contributed by atoms with Crippen molar-refractivity contribution in [3.63, 3.8) is 0 Å². The Morgan fingerprint density at radius 3 is 2.35 bits per heavy atom. The molecule has 0 radical (unpaired) electrons. The maximum absolute atomic E-state index is 6.08. The Labute approximate surface area is 126 Å². The van der Waals surface area contributed by atoms with E-state index in [9.17, 15) is 0 Å². The maximum atomic E-state index is 6.08. The lowest BCUT2D eigenvalue weighted by Crippen LogP contribution is -2.23. The highest BCUT2D eigenvalue weighted by Gasteiger charge is 2.20. The molecule has 3 heteroatoms. The molecule has 0 unspecified atom stereocenters. The Morgan fingerprint density at radius 1 is 1.05 bits per heavy atom. The Hall–Kier alpha value is -0.573. The van der Waals surface area contributed by atoms with Crippen molar-refractivity contribution in [1.29, 1.82) is 0 Å². The third kappa shape index (κ3) is 5.08. The van der Waals surface area contributed by atoms with Crippen molar-refractivity contribution in [2.45, 2.75) is 64.7 Å². The molecule has 0 aromatic carbocycles. The van der Waals surface area contributed by atoms with Gasteiger partial charge in [-0.2, -0.15) is 0 Å². The highest BCUT2D eigenvalue weighted by molar-refractivity contribution is 6.54. The van der Waals surface area contributed by atoms with Crippen LogP contribution in [0.5, 0.6) is 0 Å². The molecule has 0 amide bonds. The normalized spacial score (nSPS) is 21.9. The summed E-state index contributed by atoms with van der Waals surface area (Å²) in [4.78, 5) is 0. The third-order valence-electron chi connectivity index (χ3n) is 4.64. The molecule has 0 heterocycles. The molecule has 0 aliphatic heterocycles. The van der Waals surface area contributed by atoms with Gasteiger partial charge in [0.15, 0.2) is 0 Å². The first-order chi connectivity index (χ1) is 9.79. The van der Waals surface area contributed by atoms with Gasteiger partial charge >= 0.3 is 8.90 Å². The molecular weight excluding hydrogens is 264 g/mol. The standard InChI is InChI=1S/C17H30O2Si/c1-3-18-20(14-16-9-5-4-6-10-16)19-13-15(2)17-11-7-8-12-17/h14,16-17H,2-13H2,1H3. The van der Waals surface area contributed by atoms with Crippen molar-refractivity contribution in [3.8, 4) is 0 Å². The molecule has 0 atom stereocenters. The number of hydrogen-bond donors (Lipinski definition) is 0. The van der Waals surface area contributed by atoms with Crippen molar-refractivity contribution in [3.05, 3.63) is 12.2 Å². The molecule has 0 bridgehead atoms. The van der Waals surface area contributed by atoms with E-state index in [1.807, 2.05) is 0 Å². The Morgan fingerprint density at radius 2 is 1.70 bits per heavy atom. The van der Waals surface area contributed by atoms with E-state index in [0.717, 1.165) is 12.5 Å². The van der Waals surface area contributed by atoms with Crippen LogP contribution in [0.3, 0.4) is 0 Å². The summed E-state index contributed by atoms with van der Waals surface area (Å²) in [6, 6.07) is 0.